The summed E-state index contributed by atoms with van der Waals surface area (Å²) in [5.41, 5.74) is 5.35. The Morgan fingerprint density at radius 1 is 1.64 bits per heavy atom. The van der Waals surface area contributed by atoms with E-state index in [1.54, 1.807) is 0 Å². The van der Waals surface area contributed by atoms with Crippen molar-refractivity contribution in [2.45, 2.75) is 25.7 Å². The van der Waals surface area contributed by atoms with Gasteiger partial charge in [0, 0.05) is 19.4 Å². The monoisotopic (exact) mass is 206 g/mol. The van der Waals surface area contributed by atoms with Crippen LogP contribution in [0.2, 0.25) is 0 Å². The summed E-state index contributed by atoms with van der Waals surface area (Å²) < 4.78 is 25.5. The Morgan fingerprint density at radius 2 is 2.29 bits per heavy atom. The SMILES string of the molecule is CC(CN)CC(=O)N1CCC(F)(F)C1. The van der Waals surface area contributed by atoms with Gasteiger partial charge in [0.2, 0.25) is 5.91 Å². The Labute approximate surface area is 82.2 Å². The summed E-state index contributed by atoms with van der Waals surface area (Å²) in [7, 11) is 0. The van der Waals surface area contributed by atoms with Gasteiger partial charge in [-0.05, 0) is 12.5 Å². The molecule has 0 bridgehead atoms. The van der Waals surface area contributed by atoms with Crippen LogP contribution >= 0.6 is 0 Å². The van der Waals surface area contributed by atoms with Gasteiger partial charge in [-0.1, -0.05) is 6.92 Å². The summed E-state index contributed by atoms with van der Waals surface area (Å²) in [4.78, 5) is 12.7. The maximum Gasteiger partial charge on any atom is 0.267 e. The molecule has 0 aromatic carbocycles. The summed E-state index contributed by atoms with van der Waals surface area (Å²) in [6.07, 6.45) is 0.0579. The van der Waals surface area contributed by atoms with E-state index in [9.17, 15) is 13.6 Å². The second kappa shape index (κ2) is 4.21. The van der Waals surface area contributed by atoms with E-state index in [1.807, 2.05) is 6.92 Å². The number of nitrogens with two attached hydrogens (primary N) is 1. The molecule has 0 aromatic rings. The van der Waals surface area contributed by atoms with Gasteiger partial charge in [-0.25, -0.2) is 8.78 Å². The van der Waals surface area contributed by atoms with Crippen LogP contribution in [0.25, 0.3) is 0 Å². The lowest BCUT2D eigenvalue weighted by Gasteiger charge is -2.17. The lowest BCUT2D eigenvalue weighted by molar-refractivity contribution is -0.132. The maximum absolute atomic E-state index is 12.8. The van der Waals surface area contributed by atoms with Crippen molar-refractivity contribution >= 4 is 5.91 Å². The number of carbonyl (C=O) groups is 1. The predicted molar refractivity (Wildman–Crippen MR) is 49.0 cm³/mol. The molecule has 82 valence electrons. The quantitative estimate of drug-likeness (QED) is 0.743. The zero-order valence-corrected chi connectivity index (χ0v) is 8.30. The van der Waals surface area contributed by atoms with Crippen LogP contribution in [0.4, 0.5) is 8.78 Å². The van der Waals surface area contributed by atoms with E-state index in [2.05, 4.69) is 0 Å². The zero-order chi connectivity index (χ0) is 10.8. The number of halogens is 2. The van der Waals surface area contributed by atoms with Gasteiger partial charge in [-0.2, -0.15) is 0 Å². The fraction of sp³-hybridized carbons (Fsp3) is 0.889. The molecule has 0 aromatic heterocycles. The van der Waals surface area contributed by atoms with Gasteiger partial charge in [0.15, 0.2) is 0 Å². The van der Waals surface area contributed by atoms with Crippen molar-refractivity contribution in [3.8, 4) is 0 Å². The normalized spacial score (nSPS) is 22.4. The van der Waals surface area contributed by atoms with Gasteiger partial charge in [0.05, 0.1) is 6.54 Å². The highest BCUT2D eigenvalue weighted by atomic mass is 19.3. The molecule has 1 amide bonds. The molecule has 0 saturated carbocycles. The van der Waals surface area contributed by atoms with Gasteiger partial charge in [0.25, 0.3) is 5.92 Å². The van der Waals surface area contributed by atoms with E-state index >= 15 is 0 Å². The van der Waals surface area contributed by atoms with Crippen LogP contribution in [0.1, 0.15) is 19.8 Å². The highest BCUT2D eigenvalue weighted by molar-refractivity contribution is 5.76. The van der Waals surface area contributed by atoms with Crippen molar-refractivity contribution in [1.29, 1.82) is 0 Å². The van der Waals surface area contributed by atoms with Crippen LogP contribution in [0.3, 0.4) is 0 Å². The molecule has 1 heterocycles. The zero-order valence-electron chi connectivity index (χ0n) is 8.30. The number of nitrogens with zero attached hydrogens (tertiary/aromatic N) is 1. The highest BCUT2D eigenvalue weighted by Gasteiger charge is 2.40. The highest BCUT2D eigenvalue weighted by Crippen LogP contribution is 2.27. The fourth-order valence-electron chi connectivity index (χ4n) is 1.46. The molecule has 1 aliphatic heterocycles. The standard InChI is InChI=1S/C9H16F2N2O/c1-7(5-12)4-8(14)13-3-2-9(10,11)6-13/h7H,2-6,12H2,1H3. The molecule has 1 fully saturated rings. The maximum atomic E-state index is 12.8. The molecule has 3 nitrogen and oxygen atoms in total. The summed E-state index contributed by atoms with van der Waals surface area (Å²) in [5.74, 6) is -2.83. The topological polar surface area (TPSA) is 46.3 Å². The first kappa shape index (κ1) is 11.4. The van der Waals surface area contributed by atoms with Crippen molar-refractivity contribution in [2.75, 3.05) is 19.6 Å². The molecule has 2 N–H and O–H groups in total. The number of hydrogen-bond donors (Lipinski definition) is 1. The molecule has 1 aliphatic rings. The number of carbonyl (C=O) groups excluding carboxylic acids is 1. The lowest BCUT2D eigenvalue weighted by Crippen LogP contribution is -2.33. The number of alkyl halides is 2. The first-order valence-corrected chi connectivity index (χ1v) is 4.80. The van der Waals surface area contributed by atoms with Crippen LogP contribution in [0.5, 0.6) is 0 Å². The van der Waals surface area contributed by atoms with Crippen molar-refractivity contribution in [3.05, 3.63) is 0 Å². The molecule has 0 spiro atoms. The second-order valence-corrected chi connectivity index (χ2v) is 3.97. The molecule has 1 rings (SSSR count). The summed E-state index contributed by atoms with van der Waals surface area (Å²) in [5, 5.41) is 0. The van der Waals surface area contributed by atoms with Gasteiger partial charge in [0.1, 0.15) is 0 Å². The van der Waals surface area contributed by atoms with Crippen molar-refractivity contribution in [1.82, 2.24) is 4.90 Å². The smallest absolute Gasteiger partial charge is 0.267 e. The minimum Gasteiger partial charge on any atom is -0.336 e. The van der Waals surface area contributed by atoms with E-state index in [1.165, 1.54) is 4.90 Å². The number of rotatable bonds is 3. The van der Waals surface area contributed by atoms with E-state index < -0.39 is 12.5 Å². The van der Waals surface area contributed by atoms with Crippen molar-refractivity contribution in [2.24, 2.45) is 11.7 Å². The fourth-order valence-corrected chi connectivity index (χ4v) is 1.46. The number of amides is 1. The average Bonchev–Trinajstić information content (AvgIpc) is 2.46. The molecule has 1 saturated heterocycles. The van der Waals surface area contributed by atoms with Gasteiger partial charge in [-0.3, -0.25) is 4.79 Å². The van der Waals surface area contributed by atoms with Crippen LogP contribution in [-0.4, -0.2) is 36.4 Å². The van der Waals surface area contributed by atoms with Gasteiger partial charge in [-0.15, -0.1) is 0 Å². The summed E-state index contributed by atoms with van der Waals surface area (Å²) in [6.45, 7) is 1.99. The van der Waals surface area contributed by atoms with E-state index in [-0.39, 0.29) is 31.2 Å². The third-order valence-corrected chi connectivity index (χ3v) is 2.45. The van der Waals surface area contributed by atoms with Crippen LogP contribution in [-0.2, 0) is 4.79 Å². The minimum absolute atomic E-state index is 0.0664. The van der Waals surface area contributed by atoms with E-state index in [0.29, 0.717) is 6.54 Å². The molecular weight excluding hydrogens is 190 g/mol. The number of likely N-dealkylation sites (tertiary alicyclic amines) is 1. The molecule has 1 unspecified atom stereocenters. The number of hydrogen-bond acceptors (Lipinski definition) is 2. The van der Waals surface area contributed by atoms with Crippen LogP contribution in [0.15, 0.2) is 0 Å². The molecule has 14 heavy (non-hydrogen) atoms. The van der Waals surface area contributed by atoms with E-state index in [4.69, 9.17) is 5.73 Å². The molecule has 0 aliphatic carbocycles. The minimum atomic E-state index is -2.69. The molecule has 0 radical (unpaired) electrons. The summed E-state index contributed by atoms with van der Waals surface area (Å²) in [6, 6.07) is 0. The second-order valence-electron chi connectivity index (χ2n) is 3.97. The third-order valence-electron chi connectivity index (χ3n) is 2.45. The van der Waals surface area contributed by atoms with Crippen LogP contribution < -0.4 is 5.73 Å². The molecule has 5 heteroatoms. The first-order valence-electron chi connectivity index (χ1n) is 4.80. The first-order chi connectivity index (χ1) is 6.44. The Bertz CT molecular complexity index is 221. The van der Waals surface area contributed by atoms with Crippen molar-refractivity contribution < 1.29 is 13.6 Å². The molecule has 1 atom stereocenters. The Morgan fingerprint density at radius 3 is 2.71 bits per heavy atom. The van der Waals surface area contributed by atoms with E-state index in [0.717, 1.165) is 0 Å². The van der Waals surface area contributed by atoms with Gasteiger partial charge < -0.3 is 10.6 Å². The summed E-state index contributed by atoms with van der Waals surface area (Å²) >= 11 is 0. The Balaban J connectivity index is 2.40. The molecular formula is C9H16F2N2O. The third kappa shape index (κ3) is 2.90. The largest absolute Gasteiger partial charge is 0.336 e. The van der Waals surface area contributed by atoms with Crippen molar-refractivity contribution in [3.63, 3.8) is 0 Å². The Kier molecular flexibility index (Phi) is 3.42. The Hall–Kier alpha value is -0.710. The van der Waals surface area contributed by atoms with Gasteiger partial charge >= 0.3 is 0 Å². The average molecular weight is 206 g/mol. The lowest BCUT2D eigenvalue weighted by atomic mass is 10.1. The van der Waals surface area contributed by atoms with Crippen LogP contribution in [0, 0.1) is 5.92 Å². The predicted octanol–water partition coefficient (Wildman–Crippen LogP) is 0.839.